The highest BCUT2D eigenvalue weighted by molar-refractivity contribution is 5.97. The van der Waals surface area contributed by atoms with Crippen LogP contribution in [0, 0.1) is 0 Å². The summed E-state index contributed by atoms with van der Waals surface area (Å²) >= 11 is 0. The van der Waals surface area contributed by atoms with Crippen molar-refractivity contribution >= 4 is 17.8 Å². The number of amides is 2. The Morgan fingerprint density at radius 1 is 1.28 bits per heavy atom. The summed E-state index contributed by atoms with van der Waals surface area (Å²) < 4.78 is 10.6. The van der Waals surface area contributed by atoms with E-state index in [1.54, 1.807) is 0 Å². The molecule has 1 atom stereocenters. The quantitative estimate of drug-likeness (QED) is 0.790. The number of carboxylic acids is 1. The number of benzene rings is 1. The average molecular weight is 350 g/mol. The van der Waals surface area contributed by atoms with Crippen LogP contribution >= 0.6 is 0 Å². The number of likely N-dealkylation sites (N-methyl/N-ethyl adjacent to an activating group) is 1. The fourth-order valence-electron chi connectivity index (χ4n) is 2.73. The van der Waals surface area contributed by atoms with Crippen molar-refractivity contribution in [1.82, 2.24) is 10.2 Å². The van der Waals surface area contributed by atoms with E-state index in [4.69, 9.17) is 9.47 Å². The topological polar surface area (TPSA) is 105 Å². The summed E-state index contributed by atoms with van der Waals surface area (Å²) in [5.74, 6) is -1.01. The number of likely N-dealkylation sites (tertiary alicyclic amines) is 1. The Morgan fingerprint density at radius 2 is 2.04 bits per heavy atom. The highest BCUT2D eigenvalue weighted by atomic mass is 16.5. The summed E-state index contributed by atoms with van der Waals surface area (Å²) in [4.78, 5) is 36.7. The molecule has 25 heavy (non-hydrogen) atoms. The number of piperidine rings is 1. The third-order valence-electron chi connectivity index (χ3n) is 4.10. The van der Waals surface area contributed by atoms with E-state index in [2.05, 4.69) is 5.32 Å². The van der Waals surface area contributed by atoms with Crippen molar-refractivity contribution in [2.24, 2.45) is 0 Å². The minimum absolute atomic E-state index is 0.173. The lowest BCUT2D eigenvalue weighted by molar-refractivity contribution is -0.143. The maximum atomic E-state index is 12.7. The van der Waals surface area contributed by atoms with Crippen molar-refractivity contribution in [2.45, 2.75) is 25.3 Å². The van der Waals surface area contributed by atoms with Crippen molar-refractivity contribution < 1.29 is 29.0 Å². The lowest BCUT2D eigenvalue weighted by Gasteiger charge is -2.33. The van der Waals surface area contributed by atoms with Gasteiger partial charge in [-0.15, -0.1) is 0 Å². The number of nitrogens with zero attached hydrogens (tertiary/aromatic N) is 1. The molecule has 1 aliphatic heterocycles. The van der Waals surface area contributed by atoms with E-state index < -0.39 is 12.0 Å². The van der Waals surface area contributed by atoms with Crippen molar-refractivity contribution in [3.05, 3.63) is 23.8 Å². The maximum absolute atomic E-state index is 12.7. The van der Waals surface area contributed by atoms with Gasteiger partial charge in [-0.25, -0.2) is 4.79 Å². The molecule has 136 valence electrons. The second-order valence-corrected chi connectivity index (χ2v) is 5.68. The van der Waals surface area contributed by atoms with Crippen molar-refractivity contribution in [1.29, 1.82) is 0 Å². The van der Waals surface area contributed by atoms with Crippen LogP contribution < -0.4 is 14.8 Å². The van der Waals surface area contributed by atoms with Crippen molar-refractivity contribution in [2.75, 3.05) is 27.3 Å². The summed E-state index contributed by atoms with van der Waals surface area (Å²) in [6.45, 7) is 0.237. The average Bonchev–Trinajstić information content (AvgIpc) is 2.65. The first-order valence-electron chi connectivity index (χ1n) is 8.03. The molecule has 0 bridgehead atoms. The molecule has 0 spiro atoms. The Kier molecular flexibility index (Phi) is 6.21. The molecule has 8 heteroatoms. The van der Waals surface area contributed by atoms with E-state index in [0.717, 1.165) is 12.8 Å². The summed E-state index contributed by atoms with van der Waals surface area (Å²) in [6.07, 6.45) is 2.02. The number of rotatable bonds is 6. The number of hydrogen-bond donors (Lipinski definition) is 2. The predicted octanol–water partition coefficient (Wildman–Crippen LogP) is 0.899. The van der Waals surface area contributed by atoms with Gasteiger partial charge >= 0.3 is 5.97 Å². The minimum atomic E-state index is -0.995. The third-order valence-corrected chi connectivity index (χ3v) is 4.10. The fourth-order valence-corrected chi connectivity index (χ4v) is 2.73. The number of methoxy groups -OCH3 is 1. The molecule has 2 amide bonds. The number of aliphatic carboxylic acids is 1. The van der Waals surface area contributed by atoms with Crippen LogP contribution in [0.1, 0.15) is 29.6 Å². The number of carboxylic acid groups (broad SMARTS) is 1. The van der Waals surface area contributed by atoms with E-state index in [9.17, 15) is 19.5 Å². The van der Waals surface area contributed by atoms with Gasteiger partial charge < -0.3 is 24.8 Å². The summed E-state index contributed by atoms with van der Waals surface area (Å²) in [5.41, 5.74) is 0.317. The molecule has 8 nitrogen and oxygen atoms in total. The van der Waals surface area contributed by atoms with Gasteiger partial charge in [0.2, 0.25) is 0 Å². The number of hydrogen-bond acceptors (Lipinski definition) is 5. The molecule has 1 fully saturated rings. The molecule has 1 aromatic carbocycles. The van der Waals surface area contributed by atoms with Gasteiger partial charge in [-0.3, -0.25) is 9.59 Å². The van der Waals surface area contributed by atoms with Gasteiger partial charge in [0.05, 0.1) is 7.11 Å². The molecule has 1 aromatic rings. The molecule has 1 unspecified atom stereocenters. The Labute approximate surface area is 145 Å². The molecule has 0 saturated carbocycles. The fraction of sp³-hybridized carbons (Fsp3) is 0.471. The lowest BCUT2D eigenvalue weighted by atomic mass is 10.0. The van der Waals surface area contributed by atoms with Crippen molar-refractivity contribution in [3.8, 4) is 11.5 Å². The van der Waals surface area contributed by atoms with Crippen LogP contribution in [0.15, 0.2) is 18.2 Å². The van der Waals surface area contributed by atoms with Crippen LogP contribution in [0.5, 0.6) is 11.5 Å². The first kappa shape index (κ1) is 18.6. The molecule has 1 saturated heterocycles. The molecule has 0 aliphatic carbocycles. The Morgan fingerprint density at radius 3 is 2.68 bits per heavy atom. The molecule has 1 heterocycles. The summed E-state index contributed by atoms with van der Waals surface area (Å²) in [6, 6.07) is 3.76. The normalized spacial score (nSPS) is 16.9. The molecule has 1 aliphatic rings. The van der Waals surface area contributed by atoms with Crippen LogP contribution in [-0.4, -0.2) is 61.1 Å². The zero-order valence-corrected chi connectivity index (χ0v) is 14.3. The zero-order valence-electron chi connectivity index (χ0n) is 14.3. The van der Waals surface area contributed by atoms with Crippen molar-refractivity contribution in [3.63, 3.8) is 0 Å². The molecule has 0 aromatic heterocycles. The monoisotopic (exact) mass is 350 g/mol. The smallest absolute Gasteiger partial charge is 0.326 e. The van der Waals surface area contributed by atoms with Crippen LogP contribution in [0.3, 0.4) is 0 Å². The molecular formula is C17H22N2O6. The lowest BCUT2D eigenvalue weighted by Crippen LogP contribution is -2.47. The first-order valence-corrected chi connectivity index (χ1v) is 8.03. The van der Waals surface area contributed by atoms with Gasteiger partial charge in [0.25, 0.3) is 11.8 Å². The summed E-state index contributed by atoms with van der Waals surface area (Å²) in [5, 5.41) is 11.8. The van der Waals surface area contributed by atoms with Gasteiger partial charge in [0.1, 0.15) is 6.04 Å². The van der Waals surface area contributed by atoms with Gasteiger partial charge in [0.15, 0.2) is 18.1 Å². The standard InChI is InChI=1S/C17H22N2O6/c1-18-15(20)10-25-13-7-6-11(9-14(13)24-2)16(21)19-8-4-3-5-12(19)17(22)23/h6-7,9,12H,3-5,8,10H2,1-2H3,(H,18,20)(H,22,23). The largest absolute Gasteiger partial charge is 0.493 e. The van der Waals surface area contributed by atoms with E-state index in [1.165, 1.54) is 37.3 Å². The second kappa shape index (κ2) is 8.36. The summed E-state index contributed by atoms with van der Waals surface area (Å²) in [7, 11) is 2.93. The Balaban J connectivity index is 2.19. The number of ether oxygens (including phenoxy) is 2. The van der Waals surface area contributed by atoms with Gasteiger partial charge in [0, 0.05) is 19.2 Å². The number of carbonyl (C=O) groups excluding carboxylic acids is 2. The van der Waals surface area contributed by atoms with Gasteiger partial charge in [-0.05, 0) is 37.5 Å². The van der Waals surface area contributed by atoms with E-state index >= 15 is 0 Å². The Bertz CT molecular complexity index is 661. The molecular weight excluding hydrogens is 328 g/mol. The van der Waals surface area contributed by atoms with Crippen LogP contribution in [0.25, 0.3) is 0 Å². The molecule has 2 rings (SSSR count). The number of carbonyl (C=O) groups is 3. The third kappa shape index (κ3) is 4.40. The SMILES string of the molecule is CNC(=O)COc1ccc(C(=O)N2CCCCC2C(=O)O)cc1OC. The van der Waals surface area contributed by atoms with Crippen LogP contribution in [0.4, 0.5) is 0 Å². The second-order valence-electron chi connectivity index (χ2n) is 5.68. The minimum Gasteiger partial charge on any atom is -0.493 e. The van der Waals surface area contributed by atoms with Gasteiger partial charge in [-0.1, -0.05) is 0 Å². The van der Waals surface area contributed by atoms with E-state index in [1.807, 2.05) is 0 Å². The predicted molar refractivity (Wildman–Crippen MR) is 88.9 cm³/mol. The van der Waals surface area contributed by atoms with E-state index in [0.29, 0.717) is 30.0 Å². The van der Waals surface area contributed by atoms with Crippen LogP contribution in [-0.2, 0) is 9.59 Å². The highest BCUT2D eigenvalue weighted by Gasteiger charge is 2.32. The Hall–Kier alpha value is -2.77. The molecule has 0 radical (unpaired) electrons. The number of nitrogens with one attached hydrogen (secondary N) is 1. The van der Waals surface area contributed by atoms with E-state index in [-0.39, 0.29) is 18.4 Å². The zero-order chi connectivity index (χ0) is 18.4. The molecule has 2 N–H and O–H groups in total. The van der Waals surface area contributed by atoms with Gasteiger partial charge in [-0.2, -0.15) is 0 Å². The highest BCUT2D eigenvalue weighted by Crippen LogP contribution is 2.29. The maximum Gasteiger partial charge on any atom is 0.326 e. The van der Waals surface area contributed by atoms with Crippen LogP contribution in [0.2, 0.25) is 0 Å². The first-order chi connectivity index (χ1) is 12.0.